The maximum absolute atomic E-state index is 10.1. The van der Waals surface area contributed by atoms with E-state index in [0.29, 0.717) is 22.9 Å². The maximum Gasteiger partial charge on any atom is 0.0629 e. The second-order valence-electron chi connectivity index (χ2n) is 4.52. The van der Waals surface area contributed by atoms with E-state index in [1.165, 1.54) is 9.75 Å². The lowest BCUT2D eigenvalue weighted by atomic mass is 10.1. The molecule has 0 saturated heterocycles. The number of aliphatic hydroxyl groups is 1. The molecule has 0 spiro atoms. The number of rotatable bonds is 5. The molecule has 1 atom stereocenters. The lowest BCUT2D eigenvalue weighted by molar-refractivity contribution is 0.176. The predicted octanol–water partition coefficient (Wildman–Crippen LogP) is 4.76. The molecule has 1 heterocycles. The molecular weight excluding hydrogens is 299 g/mol. The summed E-state index contributed by atoms with van der Waals surface area (Å²) in [4.78, 5) is 2.57. The zero-order valence-corrected chi connectivity index (χ0v) is 13.0. The minimum Gasteiger partial charge on any atom is -0.392 e. The van der Waals surface area contributed by atoms with Gasteiger partial charge in [-0.3, -0.25) is 0 Å². The van der Waals surface area contributed by atoms with Crippen molar-refractivity contribution >= 4 is 34.5 Å². The van der Waals surface area contributed by atoms with Crippen LogP contribution in [0.15, 0.2) is 30.3 Å². The van der Waals surface area contributed by atoms with Crippen molar-refractivity contribution in [2.24, 2.45) is 0 Å². The minimum atomic E-state index is -0.415. The van der Waals surface area contributed by atoms with E-state index in [9.17, 15) is 5.11 Å². The van der Waals surface area contributed by atoms with E-state index in [1.807, 2.05) is 6.07 Å². The Morgan fingerprint density at radius 2 is 1.84 bits per heavy atom. The summed E-state index contributed by atoms with van der Waals surface area (Å²) in [6.45, 7) is 2.14. The Morgan fingerprint density at radius 3 is 2.47 bits per heavy atom. The summed E-state index contributed by atoms with van der Waals surface area (Å²) in [5.74, 6) is 0. The van der Waals surface area contributed by atoms with Gasteiger partial charge in [0.15, 0.2) is 0 Å². The highest BCUT2D eigenvalue weighted by atomic mass is 35.5. The quantitative estimate of drug-likeness (QED) is 0.843. The lowest BCUT2D eigenvalue weighted by Gasteiger charge is -2.11. The summed E-state index contributed by atoms with van der Waals surface area (Å²) in [6.07, 6.45) is 1.85. The molecule has 1 aromatic carbocycles. The molecule has 0 radical (unpaired) electrons. The van der Waals surface area contributed by atoms with Crippen molar-refractivity contribution < 1.29 is 5.11 Å². The smallest absolute Gasteiger partial charge is 0.0629 e. The predicted molar refractivity (Wildman–Crippen MR) is 83.6 cm³/mol. The Hall–Kier alpha value is -0.540. The van der Waals surface area contributed by atoms with Crippen LogP contribution in [0.1, 0.15) is 22.2 Å². The monoisotopic (exact) mass is 314 g/mol. The molecule has 2 aromatic rings. The van der Waals surface area contributed by atoms with Gasteiger partial charge in [-0.25, -0.2) is 0 Å². The first-order chi connectivity index (χ1) is 9.08. The van der Waals surface area contributed by atoms with Crippen LogP contribution in [0.2, 0.25) is 10.0 Å². The van der Waals surface area contributed by atoms with Crippen LogP contribution in [0, 0.1) is 0 Å². The van der Waals surface area contributed by atoms with E-state index < -0.39 is 6.10 Å². The number of aryl methyl sites for hydroxylation is 1. The maximum atomic E-state index is 10.1. The molecule has 4 heteroatoms. The molecule has 0 aliphatic carbocycles. The highest BCUT2D eigenvalue weighted by Gasteiger charge is 2.11. The average molecular weight is 315 g/mol. The molecule has 0 bridgehead atoms. The highest BCUT2D eigenvalue weighted by Crippen LogP contribution is 2.24. The Kier molecular flexibility index (Phi) is 5.28. The summed E-state index contributed by atoms with van der Waals surface area (Å²) < 4.78 is 0. The van der Waals surface area contributed by atoms with Crippen LogP contribution in [0.25, 0.3) is 0 Å². The molecule has 102 valence electrons. The molecule has 0 amide bonds. The molecular formula is C15H16Cl2OS. The second-order valence-corrected chi connectivity index (χ2v) is 6.62. The van der Waals surface area contributed by atoms with Gasteiger partial charge < -0.3 is 5.11 Å². The van der Waals surface area contributed by atoms with Crippen LogP contribution in [0.3, 0.4) is 0 Å². The number of aliphatic hydroxyl groups excluding tert-OH is 1. The first-order valence-electron chi connectivity index (χ1n) is 6.28. The average Bonchev–Trinajstić information content (AvgIpc) is 2.80. The molecule has 1 unspecified atom stereocenters. The van der Waals surface area contributed by atoms with Crippen LogP contribution in [-0.2, 0) is 19.3 Å². The van der Waals surface area contributed by atoms with Gasteiger partial charge in [0.25, 0.3) is 0 Å². The van der Waals surface area contributed by atoms with Crippen molar-refractivity contribution in [3.05, 3.63) is 55.7 Å². The molecule has 0 aliphatic rings. The van der Waals surface area contributed by atoms with Gasteiger partial charge in [0.2, 0.25) is 0 Å². The molecule has 1 nitrogen and oxygen atoms in total. The number of benzene rings is 1. The van der Waals surface area contributed by atoms with Gasteiger partial charge in [0, 0.05) is 32.6 Å². The van der Waals surface area contributed by atoms with E-state index in [0.717, 1.165) is 12.0 Å². The molecule has 0 fully saturated rings. The number of hydrogen-bond donors (Lipinski definition) is 1. The highest BCUT2D eigenvalue weighted by molar-refractivity contribution is 7.11. The third-order valence-corrected chi connectivity index (χ3v) is 4.81. The fourth-order valence-electron chi connectivity index (χ4n) is 1.97. The lowest BCUT2D eigenvalue weighted by Crippen LogP contribution is -2.13. The van der Waals surface area contributed by atoms with E-state index >= 15 is 0 Å². The van der Waals surface area contributed by atoms with Crippen LogP contribution in [0.5, 0.6) is 0 Å². The Labute approximate surface area is 127 Å². The van der Waals surface area contributed by atoms with Gasteiger partial charge in [-0.1, -0.05) is 36.2 Å². The first-order valence-corrected chi connectivity index (χ1v) is 7.85. The van der Waals surface area contributed by atoms with E-state index in [2.05, 4.69) is 19.1 Å². The van der Waals surface area contributed by atoms with Gasteiger partial charge in [-0.2, -0.15) is 0 Å². The SMILES string of the molecule is CCc1ccc(CC(O)Cc2ccc(Cl)cc2Cl)s1. The zero-order valence-electron chi connectivity index (χ0n) is 10.7. The van der Waals surface area contributed by atoms with Crippen LogP contribution in [-0.4, -0.2) is 11.2 Å². The molecule has 2 rings (SSSR count). The van der Waals surface area contributed by atoms with Crippen LogP contribution < -0.4 is 0 Å². The first kappa shape index (κ1) is 14.9. The van der Waals surface area contributed by atoms with E-state index in [1.54, 1.807) is 23.5 Å². The molecule has 19 heavy (non-hydrogen) atoms. The van der Waals surface area contributed by atoms with Crippen molar-refractivity contribution in [1.82, 2.24) is 0 Å². The number of hydrogen-bond acceptors (Lipinski definition) is 2. The Bertz CT molecular complexity index is 551. The van der Waals surface area contributed by atoms with E-state index in [-0.39, 0.29) is 0 Å². The Balaban J connectivity index is 1.98. The van der Waals surface area contributed by atoms with Crippen molar-refractivity contribution in [3.8, 4) is 0 Å². The normalized spacial score (nSPS) is 12.6. The van der Waals surface area contributed by atoms with Crippen molar-refractivity contribution in [2.75, 3.05) is 0 Å². The number of thiophene rings is 1. The minimum absolute atomic E-state index is 0.415. The summed E-state index contributed by atoms with van der Waals surface area (Å²) in [5, 5.41) is 11.4. The summed E-state index contributed by atoms with van der Waals surface area (Å²) in [6, 6.07) is 9.61. The molecule has 0 aliphatic heterocycles. The third kappa shape index (κ3) is 4.22. The van der Waals surface area contributed by atoms with Gasteiger partial charge in [-0.15, -0.1) is 11.3 Å². The van der Waals surface area contributed by atoms with Crippen molar-refractivity contribution in [2.45, 2.75) is 32.3 Å². The fourth-order valence-corrected chi connectivity index (χ4v) is 3.48. The Morgan fingerprint density at radius 1 is 1.11 bits per heavy atom. The fraction of sp³-hybridized carbons (Fsp3) is 0.333. The van der Waals surface area contributed by atoms with Gasteiger partial charge in [-0.05, 0) is 36.2 Å². The van der Waals surface area contributed by atoms with Crippen molar-refractivity contribution in [1.29, 1.82) is 0 Å². The summed E-state index contributed by atoms with van der Waals surface area (Å²) in [5.41, 5.74) is 0.936. The van der Waals surface area contributed by atoms with Gasteiger partial charge in [0.1, 0.15) is 0 Å². The zero-order chi connectivity index (χ0) is 13.8. The third-order valence-electron chi connectivity index (χ3n) is 2.97. The molecule has 1 N–H and O–H groups in total. The van der Waals surface area contributed by atoms with Gasteiger partial charge in [0.05, 0.1) is 6.10 Å². The van der Waals surface area contributed by atoms with E-state index in [4.69, 9.17) is 23.2 Å². The number of halogens is 2. The molecule has 1 aromatic heterocycles. The van der Waals surface area contributed by atoms with Crippen molar-refractivity contribution in [3.63, 3.8) is 0 Å². The largest absolute Gasteiger partial charge is 0.392 e. The van der Waals surface area contributed by atoms with Gasteiger partial charge >= 0.3 is 0 Å². The van der Waals surface area contributed by atoms with Crippen LogP contribution in [0.4, 0.5) is 0 Å². The van der Waals surface area contributed by atoms with Crippen LogP contribution >= 0.6 is 34.5 Å². The summed E-state index contributed by atoms with van der Waals surface area (Å²) in [7, 11) is 0. The second kappa shape index (κ2) is 6.76. The standard InChI is InChI=1S/C15H16Cl2OS/c1-2-13-5-6-14(19-13)9-12(18)7-10-3-4-11(16)8-15(10)17/h3-6,8,12,18H,2,7,9H2,1H3. The topological polar surface area (TPSA) is 20.2 Å². The molecule has 0 saturated carbocycles. The summed E-state index contributed by atoms with van der Waals surface area (Å²) >= 11 is 13.7.